The highest BCUT2D eigenvalue weighted by atomic mass is 16.1. The third kappa shape index (κ3) is 4.17. The Morgan fingerprint density at radius 2 is 1.73 bits per heavy atom. The molecule has 0 unspecified atom stereocenters. The van der Waals surface area contributed by atoms with E-state index in [4.69, 9.17) is 11.1 Å². The molecule has 0 saturated heterocycles. The van der Waals surface area contributed by atoms with Crippen molar-refractivity contribution in [2.75, 3.05) is 5.32 Å². The van der Waals surface area contributed by atoms with Crippen LogP contribution in [0, 0.1) is 5.41 Å². The van der Waals surface area contributed by atoms with Gasteiger partial charge in [0.1, 0.15) is 6.29 Å². The van der Waals surface area contributed by atoms with Gasteiger partial charge in [0.05, 0.1) is 0 Å². The molecular weight excluding hydrogens is 280 g/mol. The van der Waals surface area contributed by atoms with E-state index in [0.29, 0.717) is 23.4 Å². The largest absolute Gasteiger partial charge is 0.370 e. The maximum atomic E-state index is 12.1. The zero-order chi connectivity index (χ0) is 15.9. The number of aldehydes is 1. The predicted octanol–water partition coefficient (Wildman–Crippen LogP) is 1.73. The minimum Gasteiger partial charge on any atom is -0.370 e. The highest BCUT2D eigenvalue weighted by Gasteiger charge is 2.06. The summed E-state index contributed by atoms with van der Waals surface area (Å²) in [6, 6.07) is 13.6. The standard InChI is InChI=1S/C16H16N4O2/c17-16(18)19-9-11-3-7-14(8-4-11)20-15(22)13-5-1-12(10-21)2-6-13/h1-8,10H,9H2,(H,20,22)(H4,17,18,19). The fraction of sp³-hybridized carbons (Fsp3) is 0.0625. The smallest absolute Gasteiger partial charge is 0.255 e. The van der Waals surface area contributed by atoms with Gasteiger partial charge in [0, 0.05) is 23.4 Å². The van der Waals surface area contributed by atoms with Crippen molar-refractivity contribution >= 4 is 23.8 Å². The molecule has 0 heterocycles. The maximum absolute atomic E-state index is 12.1. The minimum absolute atomic E-state index is 0.0869. The van der Waals surface area contributed by atoms with Gasteiger partial charge >= 0.3 is 0 Å². The van der Waals surface area contributed by atoms with E-state index in [9.17, 15) is 9.59 Å². The van der Waals surface area contributed by atoms with Crippen LogP contribution in [-0.2, 0) is 6.54 Å². The molecule has 6 heteroatoms. The van der Waals surface area contributed by atoms with Gasteiger partial charge in [0.2, 0.25) is 0 Å². The number of carbonyl (C=O) groups excluding carboxylic acids is 2. The first kappa shape index (κ1) is 15.2. The number of rotatable bonds is 5. The van der Waals surface area contributed by atoms with Crippen LogP contribution in [0.15, 0.2) is 48.5 Å². The Balaban J connectivity index is 1.98. The Morgan fingerprint density at radius 1 is 1.09 bits per heavy atom. The van der Waals surface area contributed by atoms with Crippen LogP contribution in [0.3, 0.4) is 0 Å². The van der Waals surface area contributed by atoms with E-state index in [1.807, 2.05) is 12.1 Å². The van der Waals surface area contributed by atoms with E-state index in [2.05, 4.69) is 10.6 Å². The highest BCUT2D eigenvalue weighted by Crippen LogP contribution is 2.12. The van der Waals surface area contributed by atoms with E-state index in [-0.39, 0.29) is 11.9 Å². The first-order valence-corrected chi connectivity index (χ1v) is 6.62. The van der Waals surface area contributed by atoms with Crippen molar-refractivity contribution in [1.29, 1.82) is 5.41 Å². The van der Waals surface area contributed by atoms with Crippen molar-refractivity contribution in [2.24, 2.45) is 5.73 Å². The van der Waals surface area contributed by atoms with Crippen LogP contribution in [0.4, 0.5) is 5.69 Å². The maximum Gasteiger partial charge on any atom is 0.255 e. The average molecular weight is 296 g/mol. The molecule has 2 aromatic rings. The fourth-order valence-electron chi connectivity index (χ4n) is 1.82. The SMILES string of the molecule is N=C(N)NCc1ccc(NC(=O)c2ccc(C=O)cc2)cc1. The number of anilines is 1. The van der Waals surface area contributed by atoms with Crippen molar-refractivity contribution in [2.45, 2.75) is 6.54 Å². The van der Waals surface area contributed by atoms with E-state index < -0.39 is 0 Å². The Hall–Kier alpha value is -3.15. The van der Waals surface area contributed by atoms with Gasteiger partial charge in [-0.15, -0.1) is 0 Å². The lowest BCUT2D eigenvalue weighted by Crippen LogP contribution is -2.29. The van der Waals surface area contributed by atoms with Gasteiger partial charge in [0.15, 0.2) is 5.96 Å². The van der Waals surface area contributed by atoms with E-state index >= 15 is 0 Å². The quantitative estimate of drug-likeness (QED) is 0.383. The number of amides is 1. The Labute approximate surface area is 127 Å². The lowest BCUT2D eigenvalue weighted by atomic mass is 10.1. The molecule has 0 aromatic heterocycles. The molecule has 6 nitrogen and oxygen atoms in total. The van der Waals surface area contributed by atoms with Crippen LogP contribution >= 0.6 is 0 Å². The zero-order valence-corrected chi connectivity index (χ0v) is 11.8. The van der Waals surface area contributed by atoms with Gasteiger partial charge in [-0.25, -0.2) is 0 Å². The van der Waals surface area contributed by atoms with Crippen molar-refractivity contribution in [3.05, 3.63) is 65.2 Å². The van der Waals surface area contributed by atoms with E-state index in [0.717, 1.165) is 11.8 Å². The molecule has 0 fully saturated rings. The number of nitrogens with one attached hydrogen (secondary N) is 3. The zero-order valence-electron chi connectivity index (χ0n) is 11.8. The molecule has 0 aliphatic carbocycles. The summed E-state index contributed by atoms with van der Waals surface area (Å²) in [7, 11) is 0. The van der Waals surface area contributed by atoms with Crippen LogP contribution in [-0.4, -0.2) is 18.2 Å². The Kier molecular flexibility index (Phi) is 4.87. The van der Waals surface area contributed by atoms with E-state index in [1.165, 1.54) is 0 Å². The lowest BCUT2D eigenvalue weighted by Gasteiger charge is -2.07. The van der Waals surface area contributed by atoms with Crippen LogP contribution in [0.1, 0.15) is 26.3 Å². The van der Waals surface area contributed by atoms with Crippen LogP contribution in [0.25, 0.3) is 0 Å². The van der Waals surface area contributed by atoms with Crippen LogP contribution in [0.5, 0.6) is 0 Å². The average Bonchev–Trinajstić information content (AvgIpc) is 2.54. The van der Waals surface area contributed by atoms with Crippen LogP contribution < -0.4 is 16.4 Å². The number of guanidine groups is 1. The van der Waals surface area contributed by atoms with Gasteiger partial charge in [0.25, 0.3) is 5.91 Å². The van der Waals surface area contributed by atoms with Gasteiger partial charge in [-0.05, 0) is 29.8 Å². The molecule has 0 aliphatic heterocycles. The molecule has 1 amide bonds. The first-order valence-electron chi connectivity index (χ1n) is 6.62. The van der Waals surface area contributed by atoms with Gasteiger partial charge in [-0.2, -0.15) is 0 Å². The molecule has 2 aromatic carbocycles. The minimum atomic E-state index is -0.243. The predicted molar refractivity (Wildman–Crippen MR) is 85.0 cm³/mol. The monoisotopic (exact) mass is 296 g/mol. The van der Waals surface area contributed by atoms with Crippen molar-refractivity contribution in [3.63, 3.8) is 0 Å². The summed E-state index contributed by atoms with van der Waals surface area (Å²) in [5.74, 6) is -0.330. The number of hydrogen-bond acceptors (Lipinski definition) is 3. The van der Waals surface area contributed by atoms with Crippen molar-refractivity contribution in [3.8, 4) is 0 Å². The molecule has 2 rings (SSSR count). The van der Waals surface area contributed by atoms with E-state index in [1.54, 1.807) is 36.4 Å². The second-order valence-electron chi connectivity index (χ2n) is 4.66. The first-order chi connectivity index (χ1) is 10.6. The topological polar surface area (TPSA) is 108 Å². The molecular formula is C16H16N4O2. The number of benzene rings is 2. The molecule has 22 heavy (non-hydrogen) atoms. The molecule has 0 aliphatic rings. The fourth-order valence-corrected chi connectivity index (χ4v) is 1.82. The molecule has 0 spiro atoms. The summed E-state index contributed by atoms with van der Waals surface area (Å²) < 4.78 is 0. The second-order valence-corrected chi connectivity index (χ2v) is 4.66. The molecule has 0 bridgehead atoms. The molecule has 112 valence electrons. The summed E-state index contributed by atoms with van der Waals surface area (Å²) in [5, 5.41) is 12.6. The summed E-state index contributed by atoms with van der Waals surface area (Å²) in [6.07, 6.45) is 0.732. The van der Waals surface area contributed by atoms with Gasteiger partial charge in [-0.1, -0.05) is 24.3 Å². The van der Waals surface area contributed by atoms with Crippen molar-refractivity contribution < 1.29 is 9.59 Å². The summed E-state index contributed by atoms with van der Waals surface area (Å²) in [5.41, 5.74) is 7.83. The summed E-state index contributed by atoms with van der Waals surface area (Å²) >= 11 is 0. The molecule has 0 saturated carbocycles. The normalized spacial score (nSPS) is 9.82. The van der Waals surface area contributed by atoms with Crippen molar-refractivity contribution in [1.82, 2.24) is 5.32 Å². The molecule has 5 N–H and O–H groups in total. The number of carbonyl (C=O) groups is 2. The van der Waals surface area contributed by atoms with Gasteiger partial charge in [-0.3, -0.25) is 15.0 Å². The Bertz CT molecular complexity index is 678. The highest BCUT2D eigenvalue weighted by molar-refractivity contribution is 6.04. The number of hydrogen-bond donors (Lipinski definition) is 4. The Morgan fingerprint density at radius 3 is 2.27 bits per heavy atom. The molecule has 0 atom stereocenters. The van der Waals surface area contributed by atoms with Crippen LogP contribution in [0.2, 0.25) is 0 Å². The third-order valence-electron chi connectivity index (χ3n) is 3.00. The number of nitrogens with two attached hydrogens (primary N) is 1. The van der Waals surface area contributed by atoms with Gasteiger partial charge < -0.3 is 16.4 Å². The molecule has 0 radical (unpaired) electrons. The summed E-state index contributed by atoms with van der Waals surface area (Å²) in [4.78, 5) is 22.6. The summed E-state index contributed by atoms with van der Waals surface area (Å²) in [6.45, 7) is 0.455. The third-order valence-corrected chi connectivity index (χ3v) is 3.00. The lowest BCUT2D eigenvalue weighted by molar-refractivity contribution is 0.102. The second kappa shape index (κ2) is 7.03.